The Hall–Kier alpha value is -2.19. The van der Waals surface area contributed by atoms with Crippen LogP contribution < -0.4 is 5.19 Å². The van der Waals surface area contributed by atoms with Gasteiger partial charge in [-0.25, -0.2) is 4.39 Å². The molecule has 1 saturated heterocycles. The summed E-state index contributed by atoms with van der Waals surface area (Å²) in [5, 5.41) is 1.72. The van der Waals surface area contributed by atoms with E-state index in [1.165, 1.54) is 92.6 Å². The van der Waals surface area contributed by atoms with Crippen LogP contribution in [0.1, 0.15) is 76.2 Å². The van der Waals surface area contributed by atoms with Crippen molar-refractivity contribution in [3.63, 3.8) is 0 Å². The van der Waals surface area contributed by atoms with Gasteiger partial charge in [-0.2, -0.15) is 0 Å². The molecule has 0 N–H and O–H groups in total. The van der Waals surface area contributed by atoms with Gasteiger partial charge in [0.1, 0.15) is 5.82 Å². The monoisotopic (exact) mass is 498 g/mol. The first-order valence-electron chi connectivity index (χ1n) is 14.6. The van der Waals surface area contributed by atoms with Gasteiger partial charge >= 0.3 is 0 Å². The molecule has 2 heteroatoms. The Kier molecular flexibility index (Phi) is 8.42. The second-order valence-corrected chi connectivity index (χ2v) is 16.3. The summed E-state index contributed by atoms with van der Waals surface area (Å²) in [7, 11) is -1.36. The summed E-state index contributed by atoms with van der Waals surface area (Å²) in [5.41, 5.74) is 3.67. The topological polar surface area (TPSA) is 0 Å². The lowest BCUT2D eigenvalue weighted by Gasteiger charge is -2.43. The van der Waals surface area contributed by atoms with Crippen LogP contribution in [0.25, 0.3) is 11.1 Å². The molecule has 1 saturated carbocycles. The molecule has 5 rings (SSSR count). The first kappa shape index (κ1) is 25.5. The lowest BCUT2D eigenvalue weighted by atomic mass is 9.71. The maximum absolute atomic E-state index is 14.3. The van der Waals surface area contributed by atoms with Gasteiger partial charge in [0.2, 0.25) is 0 Å². The van der Waals surface area contributed by atoms with Crippen molar-refractivity contribution in [3.8, 4) is 11.1 Å². The van der Waals surface area contributed by atoms with Crippen LogP contribution in [0.4, 0.5) is 4.39 Å². The molecule has 0 aromatic heterocycles. The lowest BCUT2D eigenvalue weighted by molar-refractivity contribution is 0.215. The van der Waals surface area contributed by atoms with E-state index >= 15 is 0 Å². The van der Waals surface area contributed by atoms with Gasteiger partial charge in [0.15, 0.2) is 0 Å². The fraction of sp³-hybridized carbons (Fsp3) is 0.471. The quantitative estimate of drug-likeness (QED) is 0.214. The van der Waals surface area contributed by atoms with E-state index in [0.29, 0.717) is 5.92 Å². The average Bonchev–Trinajstić information content (AvgIpc) is 2.95. The smallest absolute Gasteiger partial charge is 0.123 e. The molecule has 0 spiro atoms. The molecule has 1 aliphatic heterocycles. The Morgan fingerprint density at radius 1 is 0.722 bits per heavy atom. The van der Waals surface area contributed by atoms with Crippen LogP contribution in [0.2, 0.25) is 18.1 Å². The minimum atomic E-state index is -1.36. The van der Waals surface area contributed by atoms with Gasteiger partial charge < -0.3 is 0 Å². The summed E-state index contributed by atoms with van der Waals surface area (Å²) in [5.74, 6) is 2.17. The first-order chi connectivity index (χ1) is 17.7. The van der Waals surface area contributed by atoms with Crippen LogP contribution in [-0.4, -0.2) is 8.07 Å². The molecule has 0 bridgehead atoms. The lowest BCUT2D eigenvalue weighted by Crippen LogP contribution is -2.50. The third-order valence-electron chi connectivity index (χ3n) is 9.61. The highest BCUT2D eigenvalue weighted by atomic mass is 28.3. The van der Waals surface area contributed by atoms with Crippen molar-refractivity contribution in [2.45, 2.75) is 88.8 Å². The van der Waals surface area contributed by atoms with Gasteiger partial charge in [-0.1, -0.05) is 129 Å². The van der Waals surface area contributed by atoms with Crippen molar-refractivity contribution < 1.29 is 4.39 Å². The molecule has 0 atom stereocenters. The third-order valence-corrected chi connectivity index (χ3v) is 15.0. The molecule has 190 valence electrons. The maximum atomic E-state index is 14.3. The van der Waals surface area contributed by atoms with Crippen molar-refractivity contribution >= 4 is 13.3 Å². The molecular formula is C34H43FSi. The molecule has 36 heavy (non-hydrogen) atoms. The summed E-state index contributed by atoms with van der Waals surface area (Å²) in [4.78, 5) is 0. The third kappa shape index (κ3) is 5.69. The summed E-state index contributed by atoms with van der Waals surface area (Å²) in [6.07, 6.45) is 12.1. The van der Waals surface area contributed by atoms with Gasteiger partial charge in [0.25, 0.3) is 0 Å². The van der Waals surface area contributed by atoms with Gasteiger partial charge in [0.05, 0.1) is 8.07 Å². The van der Waals surface area contributed by atoms with Crippen LogP contribution in [0.5, 0.6) is 0 Å². The number of unbranched alkanes of at least 4 members (excludes halogenated alkanes) is 2. The highest BCUT2D eigenvalue weighted by Crippen LogP contribution is 2.47. The van der Waals surface area contributed by atoms with E-state index in [1.54, 1.807) is 11.3 Å². The molecule has 0 amide bonds. The largest absolute Gasteiger partial charge is 0.207 e. The zero-order valence-corrected chi connectivity index (χ0v) is 23.1. The van der Waals surface area contributed by atoms with Gasteiger partial charge in [-0.05, 0) is 72.3 Å². The predicted molar refractivity (Wildman–Crippen MR) is 155 cm³/mol. The van der Waals surface area contributed by atoms with Crippen molar-refractivity contribution in [2.75, 3.05) is 0 Å². The molecule has 0 unspecified atom stereocenters. The summed E-state index contributed by atoms with van der Waals surface area (Å²) in [6.45, 7) is 2.33. The van der Waals surface area contributed by atoms with Crippen LogP contribution in [0.3, 0.4) is 0 Å². The van der Waals surface area contributed by atoms with Crippen molar-refractivity contribution in [1.82, 2.24) is 0 Å². The van der Waals surface area contributed by atoms with Crippen molar-refractivity contribution in [3.05, 3.63) is 90.2 Å². The molecule has 2 fully saturated rings. The zero-order chi connectivity index (χ0) is 24.8. The molecule has 2 aliphatic rings. The molecule has 3 aromatic rings. The van der Waals surface area contributed by atoms with Gasteiger partial charge in [-0.3, -0.25) is 0 Å². The van der Waals surface area contributed by atoms with E-state index in [4.69, 9.17) is 0 Å². The van der Waals surface area contributed by atoms with E-state index in [2.05, 4.69) is 67.6 Å². The fourth-order valence-corrected chi connectivity index (χ4v) is 12.8. The fourth-order valence-electron chi connectivity index (χ4n) is 7.51. The summed E-state index contributed by atoms with van der Waals surface area (Å²) in [6, 6.07) is 32.1. The number of hydrogen-bond donors (Lipinski definition) is 0. The van der Waals surface area contributed by atoms with E-state index < -0.39 is 8.07 Å². The Labute approximate surface area is 219 Å². The molecule has 1 aliphatic carbocycles. The number of benzene rings is 3. The molecular weight excluding hydrogens is 455 g/mol. The standard InChI is InChI=1S/C34H43FSi/c1-2-3-10-23-36(32-13-8-5-9-14-32)24-21-28(22-25-36)27-15-17-30(18-16-27)34-26-31(35)19-20-33(34)29-11-6-4-7-12-29/h4-9,11-14,19-20,26-28,30H,2-3,10,15-18,21-25H2,1H3. The SMILES string of the molecule is CCCCC[Si]1(c2ccccc2)CCC(C2CCC(c3cc(F)ccc3-c3ccccc3)CC2)CC1. The van der Waals surface area contributed by atoms with Gasteiger partial charge in [-0.15, -0.1) is 0 Å². The minimum Gasteiger partial charge on any atom is -0.207 e. The molecule has 0 radical (unpaired) electrons. The minimum absolute atomic E-state index is 0.0932. The Balaban J connectivity index is 1.23. The number of rotatable bonds is 8. The van der Waals surface area contributed by atoms with Crippen LogP contribution >= 0.6 is 0 Å². The summed E-state index contributed by atoms with van der Waals surface area (Å²) < 4.78 is 14.3. The maximum Gasteiger partial charge on any atom is 0.123 e. The second kappa shape index (κ2) is 11.9. The highest BCUT2D eigenvalue weighted by molar-refractivity contribution is 6.92. The van der Waals surface area contributed by atoms with Crippen LogP contribution in [0, 0.1) is 17.7 Å². The highest BCUT2D eigenvalue weighted by Gasteiger charge is 2.41. The van der Waals surface area contributed by atoms with E-state index in [0.717, 1.165) is 11.8 Å². The second-order valence-electron chi connectivity index (χ2n) is 11.7. The van der Waals surface area contributed by atoms with Crippen molar-refractivity contribution in [1.29, 1.82) is 0 Å². The Morgan fingerprint density at radius 3 is 2.03 bits per heavy atom. The molecule has 0 nitrogen and oxygen atoms in total. The molecule has 1 heterocycles. The van der Waals surface area contributed by atoms with Crippen LogP contribution in [0.15, 0.2) is 78.9 Å². The average molecular weight is 499 g/mol. The first-order valence-corrected chi connectivity index (χ1v) is 17.2. The van der Waals surface area contributed by atoms with E-state index in [-0.39, 0.29) is 5.82 Å². The van der Waals surface area contributed by atoms with E-state index in [9.17, 15) is 4.39 Å². The Morgan fingerprint density at radius 2 is 1.36 bits per heavy atom. The van der Waals surface area contributed by atoms with Crippen molar-refractivity contribution in [2.24, 2.45) is 11.8 Å². The van der Waals surface area contributed by atoms with E-state index in [1.807, 2.05) is 12.1 Å². The number of hydrogen-bond acceptors (Lipinski definition) is 0. The van der Waals surface area contributed by atoms with Gasteiger partial charge in [0, 0.05) is 0 Å². The Bertz CT molecular complexity index is 1080. The number of halogens is 1. The summed E-state index contributed by atoms with van der Waals surface area (Å²) >= 11 is 0. The molecule has 3 aromatic carbocycles. The zero-order valence-electron chi connectivity index (χ0n) is 22.1. The predicted octanol–water partition coefficient (Wildman–Crippen LogP) is 9.72. The van der Waals surface area contributed by atoms with Crippen LogP contribution in [-0.2, 0) is 0 Å². The normalized spacial score (nSPS) is 26.6.